The predicted molar refractivity (Wildman–Crippen MR) is 141 cm³/mol. The van der Waals surface area contributed by atoms with Crippen LogP contribution in [0.5, 0.6) is 11.5 Å². The second-order valence-electron chi connectivity index (χ2n) is 8.85. The summed E-state index contributed by atoms with van der Waals surface area (Å²) < 4.78 is 11.4. The van der Waals surface area contributed by atoms with Crippen molar-refractivity contribution in [2.75, 3.05) is 13.2 Å². The molecule has 0 amide bonds. The molecule has 0 aromatic heterocycles. The fraction of sp³-hybridized carbons (Fsp3) is 0.467. The molecule has 1 atom stereocenters. The van der Waals surface area contributed by atoms with Gasteiger partial charge in [0.15, 0.2) is 0 Å². The first-order chi connectivity index (χ1) is 16.8. The van der Waals surface area contributed by atoms with Crippen LogP contribution in [0.4, 0.5) is 5.69 Å². The summed E-state index contributed by atoms with van der Waals surface area (Å²) in [6, 6.07) is 16.2. The van der Waals surface area contributed by atoms with Gasteiger partial charge in [-0.15, -0.1) is 0 Å². The maximum Gasteiger partial charge on any atom is 0.119 e. The maximum atomic E-state index is 5.87. The van der Waals surface area contributed by atoms with Crippen molar-refractivity contribution < 1.29 is 9.47 Å². The molecule has 0 fully saturated rings. The van der Waals surface area contributed by atoms with Crippen molar-refractivity contribution in [1.29, 1.82) is 0 Å². The van der Waals surface area contributed by atoms with Crippen LogP contribution >= 0.6 is 0 Å². The first-order valence-corrected chi connectivity index (χ1v) is 13.0. The summed E-state index contributed by atoms with van der Waals surface area (Å²) in [6.07, 6.45) is 17.8. The van der Waals surface area contributed by atoms with Crippen LogP contribution in [0.3, 0.4) is 0 Å². The lowest BCUT2D eigenvalue weighted by atomic mass is 9.92. The van der Waals surface area contributed by atoms with E-state index < -0.39 is 0 Å². The van der Waals surface area contributed by atoms with Crippen LogP contribution in [-0.2, 0) is 0 Å². The average molecular weight is 461 g/mol. The van der Waals surface area contributed by atoms with Gasteiger partial charge >= 0.3 is 0 Å². The molecule has 0 saturated carbocycles. The molecule has 1 aliphatic rings. The van der Waals surface area contributed by atoms with Crippen LogP contribution in [0.2, 0.25) is 0 Å². The normalized spacial score (nSPS) is 15.5. The molecule has 0 radical (unpaired) electrons. The van der Waals surface area contributed by atoms with Crippen LogP contribution in [0.25, 0.3) is 0 Å². The number of nitrogens with zero attached hydrogens (tertiary/aromatic N) is 2. The van der Waals surface area contributed by atoms with Crippen LogP contribution in [0.15, 0.2) is 82.7 Å². The van der Waals surface area contributed by atoms with Crippen molar-refractivity contribution >= 4 is 5.69 Å². The number of hydrogen-bond acceptors (Lipinski definition) is 4. The number of benzene rings is 2. The van der Waals surface area contributed by atoms with Gasteiger partial charge in [0.2, 0.25) is 0 Å². The van der Waals surface area contributed by atoms with Crippen LogP contribution < -0.4 is 9.47 Å². The van der Waals surface area contributed by atoms with Gasteiger partial charge in [-0.05, 0) is 67.8 Å². The Bertz CT molecular complexity index is 914. The highest BCUT2D eigenvalue weighted by atomic mass is 16.5. The standard InChI is InChI=1S/C30H40N2O2/c1-3-5-6-7-8-9-10-11-24-34-30-22-18-28(19-23-30)32-31-27-16-12-25(13-17-27)26-14-20-29(21-15-26)33-4-2/h12,14-23,25H,3-11,13,24H2,1-2H3/b32-31+. The van der Waals surface area contributed by atoms with E-state index in [0.29, 0.717) is 12.5 Å². The Morgan fingerprint density at radius 2 is 1.38 bits per heavy atom. The molecule has 0 aliphatic heterocycles. The molecule has 2 aromatic carbocycles. The Labute approximate surface area is 205 Å². The minimum absolute atomic E-state index is 0.368. The Hall–Kier alpha value is -2.88. The fourth-order valence-corrected chi connectivity index (χ4v) is 4.06. The highest BCUT2D eigenvalue weighted by molar-refractivity contribution is 5.41. The molecule has 0 heterocycles. The van der Waals surface area contributed by atoms with Gasteiger partial charge in [0, 0.05) is 5.92 Å². The van der Waals surface area contributed by atoms with Gasteiger partial charge in [-0.25, -0.2) is 0 Å². The molecule has 182 valence electrons. The molecule has 2 aromatic rings. The Kier molecular flexibility index (Phi) is 11.4. The average Bonchev–Trinajstić information content (AvgIpc) is 2.88. The van der Waals surface area contributed by atoms with Crippen molar-refractivity contribution in [3.05, 3.63) is 78.0 Å². The summed E-state index contributed by atoms with van der Waals surface area (Å²) in [6.45, 7) is 5.73. The van der Waals surface area contributed by atoms with Crippen molar-refractivity contribution in [1.82, 2.24) is 0 Å². The molecule has 0 spiro atoms. The quantitative estimate of drug-likeness (QED) is 0.196. The summed E-state index contributed by atoms with van der Waals surface area (Å²) in [7, 11) is 0. The van der Waals surface area contributed by atoms with Crippen molar-refractivity contribution in [2.45, 2.75) is 77.6 Å². The molecular weight excluding hydrogens is 420 g/mol. The summed E-state index contributed by atoms with van der Waals surface area (Å²) in [5.74, 6) is 2.18. The highest BCUT2D eigenvalue weighted by Gasteiger charge is 2.11. The minimum atomic E-state index is 0.368. The van der Waals surface area contributed by atoms with E-state index in [-0.39, 0.29) is 0 Å². The Morgan fingerprint density at radius 3 is 2.03 bits per heavy atom. The second-order valence-corrected chi connectivity index (χ2v) is 8.85. The van der Waals surface area contributed by atoms with Crippen molar-refractivity contribution in [2.24, 2.45) is 10.2 Å². The third kappa shape index (κ3) is 9.17. The van der Waals surface area contributed by atoms with Gasteiger partial charge in [-0.3, -0.25) is 0 Å². The number of unbranched alkanes of at least 4 members (excludes halogenated alkanes) is 7. The molecule has 1 aliphatic carbocycles. The monoisotopic (exact) mass is 460 g/mol. The maximum absolute atomic E-state index is 5.87. The topological polar surface area (TPSA) is 43.2 Å². The number of allylic oxidation sites excluding steroid dienone is 3. The molecule has 4 nitrogen and oxygen atoms in total. The van der Waals surface area contributed by atoms with Gasteiger partial charge in [0.1, 0.15) is 11.5 Å². The predicted octanol–water partition coefficient (Wildman–Crippen LogP) is 9.32. The molecule has 4 heteroatoms. The Balaban J connectivity index is 1.35. The largest absolute Gasteiger partial charge is 0.494 e. The Morgan fingerprint density at radius 1 is 0.735 bits per heavy atom. The van der Waals surface area contributed by atoms with E-state index in [1.54, 1.807) is 0 Å². The van der Waals surface area contributed by atoms with E-state index in [1.807, 2.05) is 43.3 Å². The summed E-state index contributed by atoms with van der Waals surface area (Å²) in [5.41, 5.74) is 3.02. The lowest BCUT2D eigenvalue weighted by molar-refractivity contribution is 0.304. The summed E-state index contributed by atoms with van der Waals surface area (Å²) in [5, 5.41) is 8.80. The lowest BCUT2D eigenvalue weighted by Gasteiger charge is -2.15. The van der Waals surface area contributed by atoms with E-state index in [4.69, 9.17) is 9.47 Å². The lowest BCUT2D eigenvalue weighted by Crippen LogP contribution is -1.98. The molecule has 3 rings (SSSR count). The van der Waals surface area contributed by atoms with E-state index in [1.165, 1.54) is 50.5 Å². The van der Waals surface area contributed by atoms with Crippen molar-refractivity contribution in [3.8, 4) is 11.5 Å². The highest BCUT2D eigenvalue weighted by Crippen LogP contribution is 2.29. The summed E-state index contributed by atoms with van der Waals surface area (Å²) >= 11 is 0. The van der Waals surface area contributed by atoms with E-state index in [0.717, 1.165) is 42.3 Å². The van der Waals surface area contributed by atoms with Crippen LogP contribution in [-0.4, -0.2) is 13.2 Å². The SMILES string of the molecule is CCCCCCCCCCOc1ccc(/N=N/C2=CCC(c3ccc(OCC)cc3)C=C2)cc1. The second kappa shape index (κ2) is 15.1. The third-order valence-corrected chi connectivity index (χ3v) is 6.08. The van der Waals surface area contributed by atoms with Gasteiger partial charge < -0.3 is 9.47 Å². The molecular formula is C30H40N2O2. The molecule has 0 saturated heterocycles. The van der Waals surface area contributed by atoms with E-state index in [9.17, 15) is 0 Å². The van der Waals surface area contributed by atoms with E-state index >= 15 is 0 Å². The van der Waals surface area contributed by atoms with Crippen molar-refractivity contribution in [3.63, 3.8) is 0 Å². The zero-order chi connectivity index (χ0) is 23.8. The van der Waals surface area contributed by atoms with Gasteiger partial charge in [0.05, 0.1) is 24.6 Å². The first-order valence-electron chi connectivity index (χ1n) is 13.0. The molecule has 34 heavy (non-hydrogen) atoms. The number of rotatable bonds is 15. The zero-order valence-corrected chi connectivity index (χ0v) is 20.9. The molecule has 0 bridgehead atoms. The first kappa shape index (κ1) is 25.7. The third-order valence-electron chi connectivity index (χ3n) is 6.08. The van der Waals surface area contributed by atoms with Gasteiger partial charge in [-0.1, -0.05) is 76.2 Å². The number of azo groups is 1. The zero-order valence-electron chi connectivity index (χ0n) is 20.9. The number of hydrogen-bond donors (Lipinski definition) is 0. The molecule has 1 unspecified atom stereocenters. The van der Waals surface area contributed by atoms with Crippen LogP contribution in [0.1, 0.15) is 83.1 Å². The molecule has 0 N–H and O–H groups in total. The van der Waals surface area contributed by atoms with Gasteiger partial charge in [0.25, 0.3) is 0 Å². The van der Waals surface area contributed by atoms with E-state index in [2.05, 4.69) is 47.5 Å². The van der Waals surface area contributed by atoms with Crippen LogP contribution in [0, 0.1) is 0 Å². The summed E-state index contributed by atoms with van der Waals surface area (Å²) in [4.78, 5) is 0. The minimum Gasteiger partial charge on any atom is -0.494 e. The fourth-order valence-electron chi connectivity index (χ4n) is 4.06. The number of ether oxygens (including phenoxy) is 2. The van der Waals surface area contributed by atoms with Gasteiger partial charge in [-0.2, -0.15) is 10.2 Å². The smallest absolute Gasteiger partial charge is 0.119 e.